The summed E-state index contributed by atoms with van der Waals surface area (Å²) in [5.41, 5.74) is 0. The van der Waals surface area contributed by atoms with Gasteiger partial charge < -0.3 is 5.32 Å². The van der Waals surface area contributed by atoms with Gasteiger partial charge in [0.15, 0.2) is 0 Å². The molecule has 0 radical (unpaired) electrons. The Morgan fingerprint density at radius 1 is 1.11 bits per heavy atom. The molecule has 1 fully saturated rings. The van der Waals surface area contributed by atoms with Crippen LogP contribution in [0.3, 0.4) is 0 Å². The van der Waals surface area contributed by atoms with E-state index < -0.39 is 0 Å². The van der Waals surface area contributed by atoms with Crippen LogP contribution in [0.15, 0.2) is 0 Å². The van der Waals surface area contributed by atoms with E-state index in [9.17, 15) is 0 Å². The average Bonchev–Trinajstić information content (AvgIpc) is 2.25. The van der Waals surface area contributed by atoms with Crippen LogP contribution in [0, 0.1) is 5.92 Å². The molecule has 1 aliphatic heterocycles. The van der Waals surface area contributed by atoms with E-state index in [0.29, 0.717) is 6.04 Å². The minimum atomic E-state index is 0.668. The summed E-state index contributed by atoms with van der Waals surface area (Å²) in [5, 5.41) is 5.26. The van der Waals surface area contributed by atoms with E-state index in [1.165, 1.54) is 32.5 Å². The van der Waals surface area contributed by atoms with E-state index >= 15 is 0 Å². The number of hydrogen-bond donors (Lipinski definition) is 1. The Balaban J connectivity index is 2.09. The van der Waals surface area contributed by atoms with Crippen LogP contribution in [-0.2, 0) is 0 Å². The van der Waals surface area contributed by atoms with Crippen LogP contribution in [-0.4, -0.2) is 47.6 Å². The van der Waals surface area contributed by atoms with Gasteiger partial charge in [0.05, 0.1) is 0 Å². The lowest BCUT2D eigenvalue weighted by Crippen LogP contribution is -2.44. The van der Waals surface area contributed by atoms with Crippen molar-refractivity contribution in [2.75, 3.05) is 26.2 Å². The van der Waals surface area contributed by atoms with Crippen molar-refractivity contribution >= 4 is 11.8 Å². The first-order chi connectivity index (χ1) is 8.47. The maximum absolute atomic E-state index is 3.67. The van der Waals surface area contributed by atoms with E-state index in [1.54, 1.807) is 0 Å². The fourth-order valence-corrected chi connectivity index (χ4v) is 4.01. The van der Waals surface area contributed by atoms with Gasteiger partial charge in [-0.25, -0.2) is 0 Å². The SMILES string of the molecule is CC(C)CCC(C)NCCN1CC(C)SC(C)C1. The minimum absolute atomic E-state index is 0.668. The minimum Gasteiger partial charge on any atom is -0.313 e. The Morgan fingerprint density at radius 3 is 2.28 bits per heavy atom. The van der Waals surface area contributed by atoms with Gasteiger partial charge in [0.25, 0.3) is 0 Å². The molecule has 1 N–H and O–H groups in total. The maximum Gasteiger partial charge on any atom is 0.0149 e. The van der Waals surface area contributed by atoms with E-state index in [0.717, 1.165) is 23.0 Å². The molecule has 3 atom stereocenters. The molecule has 108 valence electrons. The fraction of sp³-hybridized carbons (Fsp3) is 1.00. The van der Waals surface area contributed by atoms with Crippen LogP contribution in [0.4, 0.5) is 0 Å². The first-order valence-corrected chi connectivity index (χ1v) is 8.52. The van der Waals surface area contributed by atoms with Crippen LogP contribution in [0.2, 0.25) is 0 Å². The van der Waals surface area contributed by atoms with Gasteiger partial charge >= 0.3 is 0 Å². The van der Waals surface area contributed by atoms with Crippen molar-refractivity contribution in [2.45, 2.75) is 64.0 Å². The molecule has 0 aliphatic carbocycles. The highest BCUT2D eigenvalue weighted by atomic mass is 32.2. The molecule has 3 unspecified atom stereocenters. The number of nitrogens with one attached hydrogen (secondary N) is 1. The summed E-state index contributed by atoms with van der Waals surface area (Å²) >= 11 is 2.13. The maximum atomic E-state index is 3.67. The zero-order chi connectivity index (χ0) is 13.5. The molecule has 1 saturated heterocycles. The third kappa shape index (κ3) is 7.01. The van der Waals surface area contributed by atoms with Crippen molar-refractivity contribution in [3.05, 3.63) is 0 Å². The zero-order valence-electron chi connectivity index (χ0n) is 12.9. The molecule has 0 aromatic rings. The smallest absolute Gasteiger partial charge is 0.0149 e. The Bertz CT molecular complexity index is 211. The quantitative estimate of drug-likeness (QED) is 0.766. The number of thioether (sulfide) groups is 1. The Hall–Kier alpha value is 0.270. The molecular formula is C15H32N2S. The first-order valence-electron chi connectivity index (χ1n) is 7.58. The second-order valence-corrected chi connectivity index (χ2v) is 8.22. The Labute approximate surface area is 118 Å². The lowest BCUT2D eigenvalue weighted by Gasteiger charge is -2.34. The van der Waals surface area contributed by atoms with Gasteiger partial charge in [-0.2, -0.15) is 11.8 Å². The molecule has 3 heteroatoms. The molecule has 1 heterocycles. The monoisotopic (exact) mass is 272 g/mol. The summed E-state index contributed by atoms with van der Waals surface area (Å²) in [7, 11) is 0. The molecule has 0 spiro atoms. The molecule has 18 heavy (non-hydrogen) atoms. The molecular weight excluding hydrogens is 240 g/mol. The van der Waals surface area contributed by atoms with Crippen LogP contribution < -0.4 is 5.32 Å². The highest BCUT2D eigenvalue weighted by Crippen LogP contribution is 2.24. The summed E-state index contributed by atoms with van der Waals surface area (Å²) < 4.78 is 0. The topological polar surface area (TPSA) is 15.3 Å². The summed E-state index contributed by atoms with van der Waals surface area (Å²) in [6.07, 6.45) is 2.64. The van der Waals surface area contributed by atoms with Crippen LogP contribution >= 0.6 is 11.8 Å². The van der Waals surface area contributed by atoms with Gasteiger partial charge in [0.2, 0.25) is 0 Å². The van der Waals surface area contributed by atoms with Crippen LogP contribution in [0.1, 0.15) is 47.5 Å². The second-order valence-electron chi connectivity index (χ2n) is 6.34. The summed E-state index contributed by atoms with van der Waals surface area (Å²) in [5.74, 6) is 0.829. The molecule has 0 amide bonds. The molecule has 1 aliphatic rings. The number of hydrogen-bond acceptors (Lipinski definition) is 3. The van der Waals surface area contributed by atoms with E-state index in [-0.39, 0.29) is 0 Å². The molecule has 0 aromatic carbocycles. The number of nitrogens with zero attached hydrogens (tertiary/aromatic N) is 1. The standard InChI is InChI=1S/C15H32N2S/c1-12(2)6-7-13(3)16-8-9-17-10-14(4)18-15(5)11-17/h12-16H,6-11H2,1-5H3. The van der Waals surface area contributed by atoms with Gasteiger partial charge in [0.1, 0.15) is 0 Å². The van der Waals surface area contributed by atoms with Crippen molar-refractivity contribution in [1.29, 1.82) is 0 Å². The van der Waals surface area contributed by atoms with Crippen molar-refractivity contribution in [3.8, 4) is 0 Å². The molecule has 0 bridgehead atoms. The van der Waals surface area contributed by atoms with E-state index in [1.807, 2.05) is 0 Å². The van der Waals surface area contributed by atoms with E-state index in [4.69, 9.17) is 0 Å². The fourth-order valence-electron chi connectivity index (χ4n) is 2.62. The van der Waals surface area contributed by atoms with Crippen molar-refractivity contribution < 1.29 is 0 Å². The predicted molar refractivity (Wildman–Crippen MR) is 84.5 cm³/mol. The predicted octanol–water partition coefficient (Wildman–Crippen LogP) is 3.23. The molecule has 0 aromatic heterocycles. The van der Waals surface area contributed by atoms with Gasteiger partial charge in [-0.1, -0.05) is 27.7 Å². The second kappa shape index (κ2) is 8.44. The van der Waals surface area contributed by atoms with Gasteiger partial charge in [-0.05, 0) is 25.7 Å². The molecule has 1 rings (SSSR count). The van der Waals surface area contributed by atoms with Gasteiger partial charge in [-0.3, -0.25) is 4.90 Å². The third-order valence-corrected chi connectivity index (χ3v) is 4.82. The average molecular weight is 273 g/mol. The molecule has 2 nitrogen and oxygen atoms in total. The molecule has 0 saturated carbocycles. The van der Waals surface area contributed by atoms with Crippen LogP contribution in [0.5, 0.6) is 0 Å². The van der Waals surface area contributed by atoms with Crippen molar-refractivity contribution in [1.82, 2.24) is 10.2 Å². The Morgan fingerprint density at radius 2 is 1.72 bits per heavy atom. The van der Waals surface area contributed by atoms with Crippen LogP contribution in [0.25, 0.3) is 0 Å². The van der Waals surface area contributed by atoms with Gasteiger partial charge in [0, 0.05) is 42.7 Å². The lowest BCUT2D eigenvalue weighted by molar-refractivity contribution is 0.265. The Kier molecular flexibility index (Phi) is 7.66. The van der Waals surface area contributed by atoms with E-state index in [2.05, 4.69) is 56.6 Å². The highest BCUT2D eigenvalue weighted by Gasteiger charge is 2.21. The largest absolute Gasteiger partial charge is 0.313 e. The zero-order valence-corrected chi connectivity index (χ0v) is 13.7. The normalized spacial score (nSPS) is 27.7. The van der Waals surface area contributed by atoms with Crippen molar-refractivity contribution in [2.24, 2.45) is 5.92 Å². The summed E-state index contributed by atoms with van der Waals surface area (Å²) in [4.78, 5) is 2.62. The first kappa shape index (κ1) is 16.3. The summed E-state index contributed by atoms with van der Waals surface area (Å²) in [6.45, 7) is 16.5. The third-order valence-electron chi connectivity index (χ3n) is 3.59. The number of rotatable bonds is 7. The van der Waals surface area contributed by atoms with Gasteiger partial charge in [-0.15, -0.1) is 0 Å². The van der Waals surface area contributed by atoms with Crippen molar-refractivity contribution in [3.63, 3.8) is 0 Å². The summed E-state index contributed by atoms with van der Waals surface area (Å²) in [6, 6.07) is 0.668. The lowest BCUT2D eigenvalue weighted by atomic mass is 10.0. The highest BCUT2D eigenvalue weighted by molar-refractivity contribution is 8.00.